The summed E-state index contributed by atoms with van der Waals surface area (Å²) in [5, 5.41) is 9.08. The van der Waals surface area contributed by atoms with E-state index in [-0.39, 0.29) is 0 Å². The van der Waals surface area contributed by atoms with Crippen molar-refractivity contribution in [3.05, 3.63) is 49.1 Å². The van der Waals surface area contributed by atoms with Gasteiger partial charge in [0.2, 0.25) is 0 Å². The molecule has 16 heavy (non-hydrogen) atoms. The molecule has 0 aromatic carbocycles. The van der Waals surface area contributed by atoms with Crippen molar-refractivity contribution in [2.45, 2.75) is 32.3 Å². The van der Waals surface area contributed by atoms with Gasteiger partial charge in [-0.25, -0.2) is 0 Å². The van der Waals surface area contributed by atoms with Gasteiger partial charge in [-0.15, -0.1) is 6.58 Å². The highest BCUT2D eigenvalue weighted by Crippen LogP contribution is 1.94. The Morgan fingerprint density at radius 1 is 1.25 bits per heavy atom. The Morgan fingerprint density at radius 3 is 2.69 bits per heavy atom. The van der Waals surface area contributed by atoms with E-state index < -0.39 is 6.10 Å². The number of unbranched alkanes of at least 4 members (excludes halogenated alkanes) is 2. The summed E-state index contributed by atoms with van der Waals surface area (Å²) in [5.74, 6) is 5.64. The van der Waals surface area contributed by atoms with E-state index in [4.69, 9.17) is 5.11 Å². The zero-order valence-corrected chi connectivity index (χ0v) is 9.89. The third-order valence-corrected chi connectivity index (χ3v) is 1.85. The number of rotatable bonds is 6. The van der Waals surface area contributed by atoms with Gasteiger partial charge in [0, 0.05) is 0 Å². The summed E-state index contributed by atoms with van der Waals surface area (Å²) in [6.45, 7) is 5.63. The molecular weight excluding hydrogens is 196 g/mol. The first kappa shape index (κ1) is 14.5. The van der Waals surface area contributed by atoms with Gasteiger partial charge in [0.25, 0.3) is 0 Å². The van der Waals surface area contributed by atoms with Gasteiger partial charge in [-0.05, 0) is 24.6 Å². The van der Waals surface area contributed by atoms with Crippen LogP contribution in [-0.4, -0.2) is 11.2 Å². The van der Waals surface area contributed by atoms with E-state index in [0.717, 1.165) is 6.42 Å². The van der Waals surface area contributed by atoms with Gasteiger partial charge in [0.05, 0.1) is 6.10 Å². The molecular formula is C15H20O. The lowest BCUT2D eigenvalue weighted by Crippen LogP contribution is -1.93. The average Bonchev–Trinajstić information content (AvgIpc) is 2.31. The van der Waals surface area contributed by atoms with Crippen molar-refractivity contribution in [3.63, 3.8) is 0 Å². The second-order valence-electron chi connectivity index (χ2n) is 3.30. The molecule has 1 heteroatoms. The number of hydrogen-bond acceptors (Lipinski definition) is 1. The van der Waals surface area contributed by atoms with Crippen molar-refractivity contribution < 1.29 is 5.11 Å². The molecule has 0 bridgehead atoms. The van der Waals surface area contributed by atoms with Crippen molar-refractivity contribution in [1.82, 2.24) is 0 Å². The van der Waals surface area contributed by atoms with Crippen LogP contribution in [-0.2, 0) is 0 Å². The van der Waals surface area contributed by atoms with Gasteiger partial charge in [0.15, 0.2) is 0 Å². The van der Waals surface area contributed by atoms with E-state index in [1.165, 1.54) is 18.9 Å². The first-order chi connectivity index (χ1) is 7.81. The maximum Gasteiger partial charge on any atom is 0.0909 e. The van der Waals surface area contributed by atoms with Crippen molar-refractivity contribution in [2.24, 2.45) is 0 Å². The van der Waals surface area contributed by atoms with Gasteiger partial charge >= 0.3 is 0 Å². The van der Waals surface area contributed by atoms with Crippen LogP contribution >= 0.6 is 0 Å². The Kier molecular flexibility index (Phi) is 10.5. The van der Waals surface area contributed by atoms with Crippen LogP contribution in [0.15, 0.2) is 49.1 Å². The lowest BCUT2D eigenvalue weighted by Gasteiger charge is -1.90. The largest absolute Gasteiger partial charge is 0.385 e. The highest BCUT2D eigenvalue weighted by molar-refractivity contribution is 5.26. The molecule has 1 nitrogen and oxygen atoms in total. The zero-order valence-electron chi connectivity index (χ0n) is 9.89. The van der Waals surface area contributed by atoms with Crippen LogP contribution in [0.5, 0.6) is 0 Å². The Morgan fingerprint density at radius 2 is 2.00 bits per heavy atom. The van der Waals surface area contributed by atoms with Gasteiger partial charge in [-0.1, -0.05) is 55.9 Å². The lowest BCUT2D eigenvalue weighted by atomic mass is 10.2. The van der Waals surface area contributed by atoms with Gasteiger partial charge in [-0.2, -0.15) is 0 Å². The monoisotopic (exact) mass is 216 g/mol. The zero-order chi connectivity index (χ0) is 12.1. The van der Waals surface area contributed by atoms with Crippen molar-refractivity contribution >= 4 is 0 Å². The van der Waals surface area contributed by atoms with Crippen LogP contribution in [0.2, 0.25) is 0 Å². The van der Waals surface area contributed by atoms with Crippen molar-refractivity contribution in [1.29, 1.82) is 0 Å². The fourth-order valence-corrected chi connectivity index (χ4v) is 0.922. The van der Waals surface area contributed by atoms with Crippen LogP contribution in [0.25, 0.3) is 0 Å². The molecule has 0 aromatic heterocycles. The summed E-state index contributed by atoms with van der Waals surface area (Å²) in [5.41, 5.74) is 0. The predicted octanol–water partition coefficient (Wildman–Crippen LogP) is 3.40. The second kappa shape index (κ2) is 11.6. The highest BCUT2D eigenvalue weighted by atomic mass is 16.3. The number of allylic oxidation sites excluding steroid dienone is 5. The van der Waals surface area contributed by atoms with E-state index >= 15 is 0 Å². The minimum Gasteiger partial charge on any atom is -0.385 e. The van der Waals surface area contributed by atoms with Gasteiger partial charge in [0.1, 0.15) is 0 Å². The third-order valence-electron chi connectivity index (χ3n) is 1.85. The lowest BCUT2D eigenvalue weighted by molar-refractivity contribution is 0.272. The number of aliphatic hydroxyl groups excluding tert-OH is 1. The molecule has 0 heterocycles. The van der Waals surface area contributed by atoms with Crippen molar-refractivity contribution in [3.8, 4) is 11.8 Å². The summed E-state index contributed by atoms with van der Waals surface area (Å²) in [4.78, 5) is 0. The molecule has 0 fully saturated rings. The normalized spacial score (nSPS) is 13.1. The summed E-state index contributed by atoms with van der Waals surface area (Å²) in [7, 11) is 0. The van der Waals surface area contributed by atoms with E-state index in [2.05, 4.69) is 31.4 Å². The molecule has 0 rings (SSSR count). The molecule has 0 unspecified atom stereocenters. The summed E-state index contributed by atoms with van der Waals surface area (Å²) in [6, 6.07) is 0. The fourth-order valence-electron chi connectivity index (χ4n) is 0.922. The molecule has 0 radical (unpaired) electrons. The molecule has 0 aliphatic rings. The SMILES string of the molecule is C=C[C@@H](O)/C=C/C#C/C=C/C=C/CCCC. The third kappa shape index (κ3) is 10.6. The minimum atomic E-state index is -0.604. The number of hydrogen-bond donors (Lipinski definition) is 1. The standard InChI is InChI=1S/C15H20O/c1-3-5-6-7-8-9-10-11-12-13-14-15(16)4-2/h4,7-10,13-16H,2-3,5-6H2,1H3/b8-7+,10-9+,14-13+/t15-/m1/s1. The predicted molar refractivity (Wildman–Crippen MR) is 70.9 cm³/mol. The smallest absolute Gasteiger partial charge is 0.0909 e. The topological polar surface area (TPSA) is 20.2 Å². The van der Waals surface area contributed by atoms with E-state index in [9.17, 15) is 0 Å². The molecule has 1 N–H and O–H groups in total. The van der Waals surface area contributed by atoms with Gasteiger partial charge < -0.3 is 5.11 Å². The van der Waals surface area contributed by atoms with E-state index in [1.54, 1.807) is 18.2 Å². The average molecular weight is 216 g/mol. The van der Waals surface area contributed by atoms with Gasteiger partial charge in [-0.3, -0.25) is 0 Å². The first-order valence-corrected chi connectivity index (χ1v) is 5.61. The Bertz CT molecular complexity index is 310. The van der Waals surface area contributed by atoms with E-state index in [0.29, 0.717) is 0 Å². The van der Waals surface area contributed by atoms with Crippen molar-refractivity contribution in [2.75, 3.05) is 0 Å². The maximum absolute atomic E-state index is 9.08. The molecule has 86 valence electrons. The van der Waals surface area contributed by atoms with Crippen LogP contribution in [0.3, 0.4) is 0 Å². The molecule has 0 aliphatic heterocycles. The number of aliphatic hydroxyl groups is 1. The molecule has 0 spiro atoms. The maximum atomic E-state index is 9.08. The molecule has 0 amide bonds. The summed E-state index contributed by atoms with van der Waals surface area (Å²) < 4.78 is 0. The van der Waals surface area contributed by atoms with E-state index in [1.807, 2.05) is 12.2 Å². The highest BCUT2D eigenvalue weighted by Gasteiger charge is 1.84. The molecule has 0 aliphatic carbocycles. The Labute approximate surface area is 98.9 Å². The summed E-state index contributed by atoms with van der Waals surface area (Å²) >= 11 is 0. The fraction of sp³-hybridized carbons (Fsp3) is 0.333. The Hall–Kier alpha value is -1.52. The molecule has 0 saturated heterocycles. The van der Waals surface area contributed by atoms with Crippen LogP contribution in [0.4, 0.5) is 0 Å². The van der Waals surface area contributed by atoms with Crippen LogP contribution in [0, 0.1) is 11.8 Å². The quantitative estimate of drug-likeness (QED) is 0.312. The molecule has 0 aromatic rings. The minimum absolute atomic E-state index is 0.604. The molecule has 1 atom stereocenters. The second-order valence-corrected chi connectivity index (χ2v) is 3.30. The Balaban J connectivity index is 3.74. The van der Waals surface area contributed by atoms with Crippen LogP contribution < -0.4 is 0 Å². The molecule has 0 saturated carbocycles. The first-order valence-electron chi connectivity index (χ1n) is 5.61. The van der Waals surface area contributed by atoms with Crippen LogP contribution in [0.1, 0.15) is 26.2 Å². The summed E-state index contributed by atoms with van der Waals surface area (Å²) in [6.07, 6.45) is 15.5.